The minimum atomic E-state index is -0.915. The van der Waals surface area contributed by atoms with Crippen molar-refractivity contribution in [3.63, 3.8) is 0 Å². The SMILES string of the molecule is COC(=O)/C=C/C(=O)OCC1NC(=O)CNC1=O. The maximum atomic E-state index is 11.3. The van der Waals surface area contributed by atoms with E-state index in [1.807, 2.05) is 0 Å². The summed E-state index contributed by atoms with van der Waals surface area (Å²) in [6.07, 6.45) is 1.76. The van der Waals surface area contributed by atoms with Crippen molar-refractivity contribution in [3.8, 4) is 0 Å². The van der Waals surface area contributed by atoms with Gasteiger partial charge in [-0.05, 0) is 0 Å². The molecular formula is C10H12N2O6. The molecule has 2 N–H and O–H groups in total. The molecule has 1 atom stereocenters. The monoisotopic (exact) mass is 256 g/mol. The van der Waals surface area contributed by atoms with Crippen LogP contribution in [0.4, 0.5) is 0 Å². The molecule has 0 aliphatic carbocycles. The highest BCUT2D eigenvalue weighted by Gasteiger charge is 2.26. The number of carbonyl (C=O) groups is 4. The highest BCUT2D eigenvalue weighted by molar-refractivity contribution is 5.95. The Balaban J connectivity index is 2.37. The third-order valence-corrected chi connectivity index (χ3v) is 2.02. The molecule has 1 unspecified atom stereocenters. The predicted molar refractivity (Wildman–Crippen MR) is 57.1 cm³/mol. The fraction of sp³-hybridized carbons (Fsp3) is 0.400. The number of hydrogen-bond donors (Lipinski definition) is 2. The number of rotatable bonds is 4. The number of hydrogen-bond acceptors (Lipinski definition) is 6. The second kappa shape index (κ2) is 6.38. The quantitative estimate of drug-likeness (QED) is 0.439. The summed E-state index contributed by atoms with van der Waals surface area (Å²) in [6.45, 7) is -0.395. The van der Waals surface area contributed by atoms with Crippen LogP contribution in [0.15, 0.2) is 12.2 Å². The van der Waals surface area contributed by atoms with Crippen LogP contribution in [0, 0.1) is 0 Å². The van der Waals surface area contributed by atoms with Crippen LogP contribution in [-0.4, -0.2) is 50.1 Å². The standard InChI is InChI=1S/C10H12N2O6/c1-17-8(14)2-3-9(15)18-5-6-10(16)11-4-7(13)12-6/h2-3,6H,4-5H2,1H3,(H,11,16)(H,12,13)/b3-2+. The van der Waals surface area contributed by atoms with Crippen molar-refractivity contribution in [1.29, 1.82) is 0 Å². The second-order valence-corrected chi connectivity index (χ2v) is 3.32. The number of carbonyl (C=O) groups excluding carboxylic acids is 4. The van der Waals surface area contributed by atoms with Gasteiger partial charge in [-0.3, -0.25) is 9.59 Å². The third-order valence-electron chi connectivity index (χ3n) is 2.02. The molecule has 0 aromatic carbocycles. The first-order valence-corrected chi connectivity index (χ1v) is 5.03. The molecule has 8 heteroatoms. The Hall–Kier alpha value is -2.38. The molecule has 98 valence electrons. The molecule has 0 aromatic rings. The third kappa shape index (κ3) is 4.24. The maximum absolute atomic E-state index is 11.3. The molecule has 1 fully saturated rings. The Morgan fingerprint density at radius 2 is 2.00 bits per heavy atom. The van der Waals surface area contributed by atoms with Gasteiger partial charge in [-0.1, -0.05) is 0 Å². The number of piperazine rings is 1. The molecule has 0 radical (unpaired) electrons. The molecule has 0 bridgehead atoms. The van der Waals surface area contributed by atoms with E-state index in [1.54, 1.807) is 0 Å². The van der Waals surface area contributed by atoms with Crippen LogP contribution >= 0.6 is 0 Å². The Bertz CT molecular complexity index is 403. The van der Waals surface area contributed by atoms with Gasteiger partial charge in [0.05, 0.1) is 13.7 Å². The summed E-state index contributed by atoms with van der Waals surface area (Å²) in [4.78, 5) is 44.0. The lowest BCUT2D eigenvalue weighted by Gasteiger charge is -2.22. The maximum Gasteiger partial charge on any atom is 0.331 e. The highest BCUT2D eigenvalue weighted by atomic mass is 16.5. The molecular weight excluding hydrogens is 244 g/mol. The number of ether oxygens (including phenoxy) is 2. The van der Waals surface area contributed by atoms with Crippen molar-refractivity contribution >= 4 is 23.8 Å². The van der Waals surface area contributed by atoms with Gasteiger partial charge >= 0.3 is 11.9 Å². The lowest BCUT2D eigenvalue weighted by Crippen LogP contribution is -2.58. The van der Waals surface area contributed by atoms with Crippen molar-refractivity contribution in [2.24, 2.45) is 0 Å². The van der Waals surface area contributed by atoms with E-state index in [-0.39, 0.29) is 19.1 Å². The zero-order valence-corrected chi connectivity index (χ0v) is 9.60. The molecule has 8 nitrogen and oxygen atoms in total. The molecule has 0 aromatic heterocycles. The van der Waals surface area contributed by atoms with E-state index in [1.165, 1.54) is 7.11 Å². The summed E-state index contributed by atoms with van der Waals surface area (Å²) in [5, 5.41) is 4.68. The van der Waals surface area contributed by atoms with Crippen LogP contribution in [-0.2, 0) is 28.7 Å². The van der Waals surface area contributed by atoms with Crippen LogP contribution < -0.4 is 10.6 Å². The summed E-state index contributed by atoms with van der Waals surface area (Å²) in [5.74, 6) is -2.30. The van der Waals surface area contributed by atoms with E-state index in [0.29, 0.717) is 0 Å². The van der Waals surface area contributed by atoms with Gasteiger partial charge in [0.1, 0.15) is 12.6 Å². The van der Waals surface area contributed by atoms with E-state index in [2.05, 4.69) is 20.1 Å². The van der Waals surface area contributed by atoms with Crippen molar-refractivity contribution in [1.82, 2.24) is 10.6 Å². The zero-order chi connectivity index (χ0) is 13.5. The van der Waals surface area contributed by atoms with Crippen molar-refractivity contribution in [2.45, 2.75) is 6.04 Å². The summed E-state index contributed by atoms with van der Waals surface area (Å²) in [7, 11) is 1.17. The molecule has 1 aliphatic heterocycles. The van der Waals surface area contributed by atoms with Gasteiger partial charge < -0.3 is 20.1 Å². The first-order valence-electron chi connectivity index (χ1n) is 5.03. The first-order chi connectivity index (χ1) is 8.52. The molecule has 1 aliphatic rings. The van der Waals surface area contributed by atoms with Gasteiger partial charge in [0.25, 0.3) is 0 Å². The van der Waals surface area contributed by atoms with E-state index in [9.17, 15) is 19.2 Å². The van der Waals surface area contributed by atoms with Crippen molar-refractivity contribution in [2.75, 3.05) is 20.3 Å². The van der Waals surface area contributed by atoms with E-state index >= 15 is 0 Å². The van der Waals surface area contributed by atoms with Crippen molar-refractivity contribution < 1.29 is 28.7 Å². The zero-order valence-electron chi connectivity index (χ0n) is 9.60. The topological polar surface area (TPSA) is 111 Å². The van der Waals surface area contributed by atoms with Crippen LogP contribution in [0.3, 0.4) is 0 Å². The first kappa shape index (κ1) is 13.7. The number of methoxy groups -OCH3 is 1. The summed E-state index contributed by atoms with van der Waals surface area (Å²) in [6, 6.07) is -0.915. The Morgan fingerprint density at radius 3 is 2.67 bits per heavy atom. The van der Waals surface area contributed by atoms with Crippen LogP contribution in [0.25, 0.3) is 0 Å². The van der Waals surface area contributed by atoms with E-state index in [0.717, 1.165) is 12.2 Å². The minimum absolute atomic E-state index is 0.0917. The Kier molecular flexibility index (Phi) is 4.85. The molecule has 1 saturated heterocycles. The van der Waals surface area contributed by atoms with Gasteiger partial charge in [0, 0.05) is 12.2 Å². The summed E-state index contributed by atoms with van der Waals surface area (Å²) < 4.78 is 8.96. The molecule has 0 saturated carbocycles. The lowest BCUT2D eigenvalue weighted by molar-refractivity contribution is -0.143. The van der Waals surface area contributed by atoms with Crippen LogP contribution in [0.5, 0.6) is 0 Å². The van der Waals surface area contributed by atoms with Gasteiger partial charge in [-0.25, -0.2) is 9.59 Å². The Morgan fingerprint density at radius 1 is 1.33 bits per heavy atom. The largest absolute Gasteiger partial charge is 0.466 e. The summed E-state index contributed by atoms with van der Waals surface area (Å²) in [5.41, 5.74) is 0. The smallest absolute Gasteiger partial charge is 0.331 e. The Labute approximate surface area is 102 Å². The molecule has 1 heterocycles. The summed E-state index contributed by atoms with van der Waals surface area (Å²) >= 11 is 0. The molecule has 0 spiro atoms. The fourth-order valence-electron chi connectivity index (χ4n) is 1.14. The lowest BCUT2D eigenvalue weighted by atomic mass is 10.2. The highest BCUT2D eigenvalue weighted by Crippen LogP contribution is 1.93. The number of nitrogens with one attached hydrogen (secondary N) is 2. The average molecular weight is 256 g/mol. The van der Waals surface area contributed by atoms with Gasteiger partial charge in [0.2, 0.25) is 11.8 Å². The second-order valence-electron chi connectivity index (χ2n) is 3.32. The molecule has 1 rings (SSSR count). The molecule has 18 heavy (non-hydrogen) atoms. The normalized spacial score (nSPS) is 19.1. The number of esters is 2. The predicted octanol–water partition coefficient (Wildman–Crippen LogP) is -2.13. The fourth-order valence-corrected chi connectivity index (χ4v) is 1.14. The molecule has 2 amide bonds. The van der Waals surface area contributed by atoms with Crippen molar-refractivity contribution in [3.05, 3.63) is 12.2 Å². The van der Waals surface area contributed by atoms with Gasteiger partial charge in [-0.2, -0.15) is 0 Å². The van der Waals surface area contributed by atoms with Gasteiger partial charge in [0.15, 0.2) is 0 Å². The van der Waals surface area contributed by atoms with Crippen LogP contribution in [0.2, 0.25) is 0 Å². The minimum Gasteiger partial charge on any atom is -0.466 e. The van der Waals surface area contributed by atoms with Crippen LogP contribution in [0.1, 0.15) is 0 Å². The van der Waals surface area contributed by atoms with Gasteiger partial charge in [-0.15, -0.1) is 0 Å². The van der Waals surface area contributed by atoms with E-state index < -0.39 is 23.9 Å². The number of amides is 2. The average Bonchev–Trinajstić information content (AvgIpc) is 2.36. The van der Waals surface area contributed by atoms with E-state index in [4.69, 9.17) is 0 Å².